The van der Waals surface area contributed by atoms with Gasteiger partial charge in [0.15, 0.2) is 0 Å². The van der Waals surface area contributed by atoms with Crippen LogP contribution in [-0.4, -0.2) is 33.6 Å². The fourth-order valence-corrected chi connectivity index (χ4v) is 3.65. The molecule has 4 aromatic rings. The number of carbonyl (C=O) groups excluding carboxylic acids is 1. The fraction of sp³-hybridized carbons (Fsp3) is 0.167. The van der Waals surface area contributed by atoms with Crippen molar-refractivity contribution in [2.45, 2.75) is 20.8 Å². The average Bonchev–Trinajstić information content (AvgIpc) is 3.07. The van der Waals surface area contributed by atoms with Gasteiger partial charge in [-0.15, -0.1) is 0 Å². The van der Waals surface area contributed by atoms with Gasteiger partial charge in [-0.1, -0.05) is 12.1 Å². The number of hydrazone groups is 1. The van der Waals surface area contributed by atoms with E-state index in [1.54, 1.807) is 55.3 Å². The lowest BCUT2D eigenvalue weighted by Crippen LogP contribution is -2.30. The molecule has 0 bridgehead atoms. The summed E-state index contributed by atoms with van der Waals surface area (Å²) in [6.07, 6.45) is 1.56. The van der Waals surface area contributed by atoms with Gasteiger partial charge in [0, 0.05) is 22.5 Å². The van der Waals surface area contributed by atoms with Crippen LogP contribution >= 0.6 is 0 Å². The number of aromatic nitrogens is 3. The van der Waals surface area contributed by atoms with Gasteiger partial charge in [0.25, 0.3) is 11.5 Å². The number of nitrogens with zero attached hydrogens (tertiary/aromatic N) is 4. The molecule has 162 valence electrons. The van der Waals surface area contributed by atoms with Crippen LogP contribution < -0.4 is 15.7 Å². The first-order valence-electron chi connectivity index (χ1n) is 10.1. The van der Waals surface area contributed by atoms with Gasteiger partial charge < -0.3 is 4.74 Å². The Morgan fingerprint density at radius 1 is 1.06 bits per heavy atom. The molecule has 8 nitrogen and oxygen atoms in total. The maximum Gasteiger partial charge on any atom is 0.280 e. The molecule has 0 atom stereocenters. The minimum atomic E-state index is -0.330. The van der Waals surface area contributed by atoms with E-state index >= 15 is 0 Å². The molecule has 0 saturated carbocycles. The van der Waals surface area contributed by atoms with E-state index in [0.29, 0.717) is 28.0 Å². The van der Waals surface area contributed by atoms with Crippen molar-refractivity contribution in [2.75, 3.05) is 7.11 Å². The number of carbonyl (C=O) groups is 1. The molecular weight excluding hydrogens is 406 g/mol. The van der Waals surface area contributed by atoms with Crippen molar-refractivity contribution in [1.82, 2.24) is 19.8 Å². The first-order valence-corrected chi connectivity index (χ1v) is 10.1. The summed E-state index contributed by atoms with van der Waals surface area (Å²) >= 11 is 0. The number of benzene rings is 2. The van der Waals surface area contributed by atoms with Gasteiger partial charge in [0.2, 0.25) is 0 Å². The summed E-state index contributed by atoms with van der Waals surface area (Å²) in [6, 6.07) is 15.9. The highest BCUT2D eigenvalue weighted by atomic mass is 16.5. The average molecular weight is 429 g/mol. The lowest BCUT2D eigenvalue weighted by molar-refractivity contribution is 0.0955. The van der Waals surface area contributed by atoms with Crippen LogP contribution in [0.2, 0.25) is 0 Å². The molecule has 2 aromatic carbocycles. The van der Waals surface area contributed by atoms with Crippen LogP contribution in [0.15, 0.2) is 64.5 Å². The quantitative estimate of drug-likeness (QED) is 0.390. The summed E-state index contributed by atoms with van der Waals surface area (Å²) in [5, 5.41) is 4.64. The largest absolute Gasteiger partial charge is 0.497 e. The highest BCUT2D eigenvalue weighted by molar-refractivity contribution is 5.95. The van der Waals surface area contributed by atoms with Gasteiger partial charge in [-0.3, -0.25) is 14.3 Å². The van der Waals surface area contributed by atoms with Gasteiger partial charge in [-0.05, 0) is 63.2 Å². The first kappa shape index (κ1) is 21.0. The lowest BCUT2D eigenvalue weighted by atomic mass is 10.2. The molecule has 2 heterocycles. The maximum atomic E-state index is 13.2. The minimum Gasteiger partial charge on any atom is -0.497 e. The van der Waals surface area contributed by atoms with E-state index in [-0.39, 0.29) is 11.5 Å². The number of hydrogen-bond donors (Lipinski definition) is 1. The van der Waals surface area contributed by atoms with Gasteiger partial charge >= 0.3 is 0 Å². The minimum absolute atomic E-state index is 0.147. The van der Waals surface area contributed by atoms with Gasteiger partial charge in [-0.25, -0.2) is 10.4 Å². The maximum absolute atomic E-state index is 13.2. The second-order valence-electron chi connectivity index (χ2n) is 7.36. The molecule has 1 amide bonds. The topological polar surface area (TPSA) is 90.5 Å². The standard InChI is InChI=1S/C24H23N5O3/c1-15-13-19(14-25-27-23(30)18-9-11-20(32-4)12-10-18)16(2)28(15)29-17(3)26-22-8-6-5-7-21(22)24(29)31/h5-14H,1-4H3,(H,27,30). The second kappa shape index (κ2) is 8.50. The van der Waals surface area contributed by atoms with E-state index in [2.05, 4.69) is 15.5 Å². The Hall–Kier alpha value is -4.20. The van der Waals surface area contributed by atoms with Crippen molar-refractivity contribution in [1.29, 1.82) is 0 Å². The number of para-hydroxylation sites is 1. The Kier molecular flexibility index (Phi) is 5.59. The highest BCUT2D eigenvalue weighted by Crippen LogP contribution is 2.16. The van der Waals surface area contributed by atoms with Crippen LogP contribution in [0.25, 0.3) is 10.9 Å². The smallest absolute Gasteiger partial charge is 0.280 e. The van der Waals surface area contributed by atoms with E-state index < -0.39 is 0 Å². The van der Waals surface area contributed by atoms with Gasteiger partial charge in [-0.2, -0.15) is 9.78 Å². The number of aryl methyl sites for hydroxylation is 2. The molecule has 8 heteroatoms. The predicted molar refractivity (Wildman–Crippen MR) is 123 cm³/mol. The summed E-state index contributed by atoms with van der Waals surface area (Å²) in [5.41, 5.74) is 5.93. The number of hydrogen-bond acceptors (Lipinski definition) is 5. The van der Waals surface area contributed by atoms with Crippen LogP contribution in [0, 0.1) is 20.8 Å². The number of methoxy groups -OCH3 is 1. The molecule has 0 aliphatic carbocycles. The molecule has 0 saturated heterocycles. The zero-order valence-corrected chi connectivity index (χ0v) is 18.3. The SMILES string of the molecule is COc1ccc(C(=O)NN=Cc2cc(C)n(-n3c(C)nc4ccccc4c3=O)c2C)cc1. The van der Waals surface area contributed by atoms with Crippen LogP contribution in [0.4, 0.5) is 0 Å². The number of ether oxygens (including phenoxy) is 1. The zero-order valence-electron chi connectivity index (χ0n) is 18.3. The van der Waals surface area contributed by atoms with Crippen molar-refractivity contribution >= 4 is 23.0 Å². The molecule has 4 rings (SSSR count). The van der Waals surface area contributed by atoms with Crippen molar-refractivity contribution in [2.24, 2.45) is 5.10 Å². The van der Waals surface area contributed by atoms with Crippen LogP contribution in [0.1, 0.15) is 33.1 Å². The summed E-state index contributed by atoms with van der Waals surface area (Å²) in [4.78, 5) is 30.1. The summed E-state index contributed by atoms with van der Waals surface area (Å²) in [5.74, 6) is 0.918. The third-order valence-electron chi connectivity index (χ3n) is 5.27. The van der Waals surface area contributed by atoms with Crippen molar-refractivity contribution < 1.29 is 9.53 Å². The summed E-state index contributed by atoms with van der Waals surface area (Å²) in [6.45, 7) is 5.59. The van der Waals surface area contributed by atoms with E-state index in [0.717, 1.165) is 17.0 Å². The zero-order chi connectivity index (χ0) is 22.8. The summed E-state index contributed by atoms with van der Waals surface area (Å²) < 4.78 is 8.46. The fourth-order valence-electron chi connectivity index (χ4n) is 3.65. The van der Waals surface area contributed by atoms with E-state index in [1.807, 2.05) is 42.8 Å². The van der Waals surface area contributed by atoms with E-state index in [1.165, 1.54) is 0 Å². The van der Waals surface area contributed by atoms with Gasteiger partial charge in [0.05, 0.1) is 24.2 Å². The van der Waals surface area contributed by atoms with E-state index in [4.69, 9.17) is 4.74 Å². The van der Waals surface area contributed by atoms with Crippen LogP contribution in [-0.2, 0) is 0 Å². The third-order valence-corrected chi connectivity index (χ3v) is 5.27. The van der Waals surface area contributed by atoms with Crippen LogP contribution in [0.5, 0.6) is 5.75 Å². The number of nitrogens with one attached hydrogen (secondary N) is 1. The van der Waals surface area contributed by atoms with Crippen molar-refractivity contribution in [3.8, 4) is 5.75 Å². The molecule has 32 heavy (non-hydrogen) atoms. The highest BCUT2D eigenvalue weighted by Gasteiger charge is 2.15. The molecule has 0 radical (unpaired) electrons. The van der Waals surface area contributed by atoms with Crippen LogP contribution in [0.3, 0.4) is 0 Å². The molecule has 1 N–H and O–H groups in total. The van der Waals surface area contributed by atoms with E-state index in [9.17, 15) is 9.59 Å². The Balaban J connectivity index is 1.63. The molecule has 0 fully saturated rings. The Morgan fingerprint density at radius 3 is 2.50 bits per heavy atom. The number of fused-ring (bicyclic) bond motifs is 1. The molecule has 0 aliphatic heterocycles. The summed E-state index contributed by atoms with van der Waals surface area (Å²) in [7, 11) is 1.57. The lowest BCUT2D eigenvalue weighted by Gasteiger charge is -2.16. The molecular formula is C24H23N5O3. The first-order chi connectivity index (χ1) is 15.4. The Morgan fingerprint density at radius 2 is 1.78 bits per heavy atom. The van der Waals surface area contributed by atoms with Crippen molar-refractivity contribution in [3.05, 3.63) is 93.3 Å². The number of rotatable bonds is 5. The predicted octanol–water partition coefficient (Wildman–Crippen LogP) is 3.21. The van der Waals surface area contributed by atoms with Gasteiger partial charge in [0.1, 0.15) is 11.6 Å². The monoisotopic (exact) mass is 429 g/mol. The second-order valence-corrected chi connectivity index (χ2v) is 7.36. The number of amides is 1. The Bertz CT molecular complexity index is 1400. The van der Waals surface area contributed by atoms with Crippen molar-refractivity contribution in [3.63, 3.8) is 0 Å². The molecule has 0 spiro atoms. The normalized spacial score (nSPS) is 11.2. The Labute approximate surface area is 184 Å². The third kappa shape index (κ3) is 3.78. The molecule has 0 aliphatic rings. The molecule has 2 aromatic heterocycles. The molecule has 0 unspecified atom stereocenters.